The van der Waals surface area contributed by atoms with Gasteiger partial charge in [-0.25, -0.2) is 4.98 Å². The second kappa shape index (κ2) is 7.70. The molecule has 0 aromatic carbocycles. The molecule has 6 nitrogen and oxygen atoms in total. The molecule has 0 spiro atoms. The monoisotopic (exact) mass is 346 g/mol. The van der Waals surface area contributed by atoms with Gasteiger partial charge in [0.1, 0.15) is 5.82 Å². The summed E-state index contributed by atoms with van der Waals surface area (Å²) in [5, 5.41) is 3.07. The minimum absolute atomic E-state index is 0.0459. The summed E-state index contributed by atoms with van der Waals surface area (Å²) in [6.45, 7) is 11.6. The van der Waals surface area contributed by atoms with Gasteiger partial charge in [-0.05, 0) is 52.7 Å². The second-order valence-electron chi connectivity index (χ2n) is 7.29. The van der Waals surface area contributed by atoms with Crippen molar-refractivity contribution >= 4 is 17.4 Å². The molecule has 2 fully saturated rings. The van der Waals surface area contributed by atoms with Gasteiger partial charge in [0.25, 0.3) is 0 Å². The normalized spacial score (nSPS) is 25.8. The van der Waals surface area contributed by atoms with E-state index in [1.54, 1.807) is 0 Å². The lowest BCUT2D eigenvalue weighted by Crippen LogP contribution is -2.47. The molecule has 3 atom stereocenters. The van der Waals surface area contributed by atoms with Crippen molar-refractivity contribution < 1.29 is 9.53 Å². The number of carbonyl (C=O) groups excluding carboxylic acids is 1. The van der Waals surface area contributed by atoms with Crippen LogP contribution in [0.15, 0.2) is 12.1 Å². The van der Waals surface area contributed by atoms with Gasteiger partial charge in [-0.3, -0.25) is 9.69 Å². The number of ether oxygens (including phenoxy) is 1. The van der Waals surface area contributed by atoms with Crippen molar-refractivity contribution in [2.24, 2.45) is 0 Å². The smallest absolute Gasteiger partial charge is 0.241 e. The van der Waals surface area contributed by atoms with Crippen LogP contribution in [0.4, 0.5) is 11.5 Å². The predicted octanol–water partition coefficient (Wildman–Crippen LogP) is 2.43. The third kappa shape index (κ3) is 3.96. The van der Waals surface area contributed by atoms with E-state index in [0.717, 1.165) is 56.3 Å². The van der Waals surface area contributed by atoms with Crippen molar-refractivity contribution in [1.29, 1.82) is 0 Å². The molecule has 2 aliphatic rings. The highest BCUT2D eigenvalue weighted by Crippen LogP contribution is 2.27. The number of hydrogen-bond acceptors (Lipinski definition) is 5. The highest BCUT2D eigenvalue weighted by atomic mass is 16.5. The molecule has 3 rings (SSSR count). The molecule has 2 aliphatic heterocycles. The van der Waals surface area contributed by atoms with Crippen molar-refractivity contribution in [3.63, 3.8) is 0 Å². The highest BCUT2D eigenvalue weighted by molar-refractivity contribution is 5.95. The minimum atomic E-state index is -0.134. The van der Waals surface area contributed by atoms with E-state index < -0.39 is 0 Å². The summed E-state index contributed by atoms with van der Waals surface area (Å²) in [5.41, 5.74) is 1.65. The van der Waals surface area contributed by atoms with Gasteiger partial charge in [0.15, 0.2) is 0 Å². The zero-order valence-corrected chi connectivity index (χ0v) is 15.8. The number of likely N-dealkylation sites (tertiary alicyclic amines) is 1. The number of nitrogens with zero attached hydrogens (tertiary/aromatic N) is 3. The van der Waals surface area contributed by atoms with Crippen LogP contribution in [0, 0.1) is 6.92 Å². The summed E-state index contributed by atoms with van der Waals surface area (Å²) in [7, 11) is 0. The van der Waals surface area contributed by atoms with Crippen molar-refractivity contribution in [2.75, 3.05) is 36.5 Å². The van der Waals surface area contributed by atoms with E-state index in [-0.39, 0.29) is 11.9 Å². The van der Waals surface area contributed by atoms with Crippen molar-refractivity contribution in [2.45, 2.75) is 58.7 Å². The van der Waals surface area contributed by atoms with Crippen LogP contribution in [0.2, 0.25) is 0 Å². The molecule has 3 unspecified atom stereocenters. The summed E-state index contributed by atoms with van der Waals surface area (Å²) in [6.07, 6.45) is 2.32. The topological polar surface area (TPSA) is 57.7 Å². The molecule has 1 amide bonds. The summed E-state index contributed by atoms with van der Waals surface area (Å²) < 4.78 is 5.39. The standard InChI is InChI=1S/C19H30N4O2/c1-13-5-6-14(2)23(13)16(4)19(24)21-17-7-8-18(20-15(17)3)22-9-11-25-12-10-22/h7-8,13-14,16H,5-6,9-12H2,1-4H3,(H,21,24). The van der Waals surface area contributed by atoms with Gasteiger partial charge in [0.2, 0.25) is 5.91 Å². The number of nitrogens with one attached hydrogen (secondary N) is 1. The number of aromatic nitrogens is 1. The Labute approximate surface area is 150 Å². The minimum Gasteiger partial charge on any atom is -0.378 e. The quantitative estimate of drug-likeness (QED) is 0.907. The molecule has 0 bridgehead atoms. The molecule has 1 N–H and O–H groups in total. The van der Waals surface area contributed by atoms with Crippen LogP contribution < -0.4 is 10.2 Å². The molecule has 0 radical (unpaired) electrons. The molecule has 138 valence electrons. The Kier molecular flexibility index (Phi) is 5.59. The average molecular weight is 346 g/mol. The first-order chi connectivity index (χ1) is 12.0. The lowest BCUT2D eigenvalue weighted by atomic mass is 10.2. The summed E-state index contributed by atoms with van der Waals surface area (Å²) in [6, 6.07) is 4.73. The summed E-state index contributed by atoms with van der Waals surface area (Å²) in [4.78, 5) is 21.9. The van der Waals surface area contributed by atoms with Crippen LogP contribution in [0.3, 0.4) is 0 Å². The molecule has 6 heteroatoms. The number of carbonyl (C=O) groups is 1. The Morgan fingerprint density at radius 3 is 2.48 bits per heavy atom. The van der Waals surface area contributed by atoms with Crippen LogP contribution in [0.25, 0.3) is 0 Å². The number of rotatable bonds is 4. The van der Waals surface area contributed by atoms with E-state index in [9.17, 15) is 4.79 Å². The first-order valence-corrected chi connectivity index (χ1v) is 9.36. The van der Waals surface area contributed by atoms with Crippen LogP contribution in [0.5, 0.6) is 0 Å². The molecule has 1 aromatic rings. The van der Waals surface area contributed by atoms with E-state index in [4.69, 9.17) is 4.74 Å². The van der Waals surface area contributed by atoms with Crippen molar-refractivity contribution in [1.82, 2.24) is 9.88 Å². The number of anilines is 2. The maximum absolute atomic E-state index is 12.7. The Hall–Kier alpha value is -1.66. The highest BCUT2D eigenvalue weighted by Gasteiger charge is 2.34. The van der Waals surface area contributed by atoms with Gasteiger partial charge in [-0.1, -0.05) is 0 Å². The number of aryl methyl sites for hydroxylation is 1. The molecule has 2 saturated heterocycles. The lowest BCUT2D eigenvalue weighted by molar-refractivity contribution is -0.121. The van der Waals surface area contributed by atoms with E-state index in [1.807, 2.05) is 26.0 Å². The van der Waals surface area contributed by atoms with Crippen LogP contribution >= 0.6 is 0 Å². The Balaban J connectivity index is 1.66. The first kappa shape index (κ1) is 18.1. The first-order valence-electron chi connectivity index (χ1n) is 9.36. The molecule has 1 aromatic heterocycles. The number of amides is 1. The fourth-order valence-corrected chi connectivity index (χ4v) is 4.00. The third-order valence-corrected chi connectivity index (χ3v) is 5.51. The maximum Gasteiger partial charge on any atom is 0.241 e. The fraction of sp³-hybridized carbons (Fsp3) is 0.684. The fourth-order valence-electron chi connectivity index (χ4n) is 4.00. The SMILES string of the molecule is Cc1nc(N2CCOCC2)ccc1NC(=O)C(C)N1C(C)CCC1C. The van der Waals surface area contributed by atoms with Crippen molar-refractivity contribution in [3.8, 4) is 0 Å². The Morgan fingerprint density at radius 1 is 1.24 bits per heavy atom. The van der Waals surface area contributed by atoms with E-state index in [0.29, 0.717) is 12.1 Å². The summed E-state index contributed by atoms with van der Waals surface area (Å²) >= 11 is 0. The zero-order chi connectivity index (χ0) is 18.0. The average Bonchev–Trinajstić information content (AvgIpc) is 2.95. The number of hydrogen-bond donors (Lipinski definition) is 1. The molecule has 0 saturated carbocycles. The molecule has 0 aliphatic carbocycles. The van der Waals surface area contributed by atoms with Crippen LogP contribution in [-0.2, 0) is 9.53 Å². The maximum atomic E-state index is 12.7. The van der Waals surface area contributed by atoms with Gasteiger partial charge in [0, 0.05) is 25.2 Å². The number of morpholine rings is 1. The lowest BCUT2D eigenvalue weighted by Gasteiger charge is -2.31. The van der Waals surface area contributed by atoms with Crippen molar-refractivity contribution in [3.05, 3.63) is 17.8 Å². The van der Waals surface area contributed by atoms with Crippen LogP contribution in [-0.4, -0.2) is 60.2 Å². The third-order valence-electron chi connectivity index (χ3n) is 5.51. The van der Waals surface area contributed by atoms with Gasteiger partial charge < -0.3 is 15.0 Å². The molecule has 3 heterocycles. The second-order valence-corrected chi connectivity index (χ2v) is 7.29. The van der Waals surface area contributed by atoms with Gasteiger partial charge in [-0.15, -0.1) is 0 Å². The molecular weight excluding hydrogens is 316 g/mol. The summed E-state index contributed by atoms with van der Waals surface area (Å²) in [5.74, 6) is 0.998. The molecular formula is C19H30N4O2. The van der Waals surface area contributed by atoms with Gasteiger partial charge in [-0.2, -0.15) is 0 Å². The number of pyridine rings is 1. The largest absolute Gasteiger partial charge is 0.378 e. The van der Waals surface area contributed by atoms with E-state index in [2.05, 4.69) is 33.9 Å². The Bertz CT molecular complexity index is 605. The van der Waals surface area contributed by atoms with Crippen LogP contribution in [0.1, 0.15) is 39.3 Å². The zero-order valence-electron chi connectivity index (χ0n) is 15.8. The van der Waals surface area contributed by atoms with E-state index >= 15 is 0 Å². The van der Waals surface area contributed by atoms with Gasteiger partial charge in [0.05, 0.1) is 30.6 Å². The van der Waals surface area contributed by atoms with Gasteiger partial charge >= 0.3 is 0 Å². The Morgan fingerprint density at radius 2 is 1.88 bits per heavy atom. The molecule has 25 heavy (non-hydrogen) atoms. The van der Waals surface area contributed by atoms with E-state index in [1.165, 1.54) is 0 Å². The predicted molar refractivity (Wildman–Crippen MR) is 100 cm³/mol.